The number of aliphatic hydroxyl groups excluding tert-OH is 1. The number of rotatable bonds is 4. The van der Waals surface area contributed by atoms with Gasteiger partial charge in [-0.25, -0.2) is 8.42 Å². The van der Waals surface area contributed by atoms with Crippen LogP contribution in [-0.4, -0.2) is 23.7 Å². The van der Waals surface area contributed by atoms with Gasteiger partial charge in [-0.15, -0.1) is 0 Å². The summed E-state index contributed by atoms with van der Waals surface area (Å²) in [5.74, 6) is 0. The zero-order valence-electron chi connectivity index (χ0n) is 10.9. The summed E-state index contributed by atoms with van der Waals surface area (Å²) in [4.78, 5) is -0.0562. The number of hydrogen-bond donors (Lipinski definition) is 3. The molecule has 1 heterocycles. The minimum absolute atomic E-state index is 0.0562. The van der Waals surface area contributed by atoms with Crippen molar-refractivity contribution >= 4 is 27.3 Å². The van der Waals surface area contributed by atoms with Crippen LogP contribution >= 0.6 is 11.6 Å². The number of benzene rings is 1. The number of hydrogen-bond acceptors (Lipinski definition) is 4. The summed E-state index contributed by atoms with van der Waals surface area (Å²) in [5, 5.41) is 15.8. The van der Waals surface area contributed by atoms with E-state index in [1.807, 2.05) is 0 Å². The summed E-state index contributed by atoms with van der Waals surface area (Å²) in [7, 11) is -3.88. The average molecular weight is 316 g/mol. The van der Waals surface area contributed by atoms with E-state index in [0.29, 0.717) is 22.0 Å². The first kappa shape index (κ1) is 14.8. The molecule has 0 radical (unpaired) electrons. The van der Waals surface area contributed by atoms with Crippen molar-refractivity contribution in [2.24, 2.45) is 0 Å². The van der Waals surface area contributed by atoms with Crippen molar-refractivity contribution in [3.8, 4) is 0 Å². The van der Waals surface area contributed by atoms with Gasteiger partial charge in [-0.3, -0.25) is 9.82 Å². The smallest absolute Gasteiger partial charge is 0.265 e. The highest BCUT2D eigenvalue weighted by Gasteiger charge is 2.25. The average Bonchev–Trinajstić information content (AvgIpc) is 2.76. The van der Waals surface area contributed by atoms with Crippen LogP contribution in [0.1, 0.15) is 17.0 Å². The molecule has 0 atom stereocenters. The Bertz CT molecular complexity index is 720. The van der Waals surface area contributed by atoms with E-state index in [1.54, 1.807) is 32.0 Å². The maximum Gasteiger partial charge on any atom is 0.265 e. The number of para-hydroxylation sites is 1. The largest absolute Gasteiger partial charge is 0.390 e. The van der Waals surface area contributed by atoms with Crippen molar-refractivity contribution in [1.82, 2.24) is 10.2 Å². The van der Waals surface area contributed by atoms with Crippen LogP contribution in [0.15, 0.2) is 23.1 Å². The predicted octanol–water partition coefficient (Wildman–Crippen LogP) is 1.97. The third kappa shape index (κ3) is 2.65. The molecule has 6 nitrogen and oxygen atoms in total. The molecular weight excluding hydrogens is 302 g/mol. The number of nitrogens with zero attached hydrogens (tertiary/aromatic N) is 1. The van der Waals surface area contributed by atoms with Gasteiger partial charge in [0.05, 0.1) is 23.0 Å². The first-order valence-corrected chi connectivity index (χ1v) is 7.65. The zero-order valence-corrected chi connectivity index (χ0v) is 12.5. The minimum Gasteiger partial charge on any atom is -0.390 e. The lowest BCUT2D eigenvalue weighted by atomic mass is 10.2. The molecule has 2 aromatic rings. The molecule has 0 aliphatic rings. The lowest BCUT2D eigenvalue weighted by Gasteiger charge is -2.12. The van der Waals surface area contributed by atoms with Gasteiger partial charge in [-0.05, 0) is 25.5 Å². The van der Waals surface area contributed by atoms with E-state index < -0.39 is 16.6 Å². The van der Waals surface area contributed by atoms with Gasteiger partial charge in [0.15, 0.2) is 0 Å². The highest BCUT2D eigenvalue weighted by atomic mass is 35.5. The van der Waals surface area contributed by atoms with Crippen molar-refractivity contribution in [2.75, 3.05) is 4.72 Å². The number of sulfonamides is 1. The van der Waals surface area contributed by atoms with Crippen LogP contribution in [0.25, 0.3) is 0 Å². The van der Waals surface area contributed by atoms with Crippen LogP contribution in [0, 0.1) is 13.8 Å². The van der Waals surface area contributed by atoms with Gasteiger partial charge in [-0.1, -0.05) is 23.7 Å². The SMILES string of the molecule is Cc1cccc(Cl)c1NS(=O)(=O)c1c(CO)n[nH]c1C. The summed E-state index contributed by atoms with van der Waals surface area (Å²) >= 11 is 6.01. The molecule has 3 N–H and O–H groups in total. The van der Waals surface area contributed by atoms with Crippen molar-refractivity contribution in [2.45, 2.75) is 25.3 Å². The van der Waals surface area contributed by atoms with E-state index in [1.165, 1.54) is 0 Å². The summed E-state index contributed by atoms with van der Waals surface area (Å²) < 4.78 is 27.3. The zero-order chi connectivity index (χ0) is 14.9. The molecule has 0 amide bonds. The van der Waals surface area contributed by atoms with Gasteiger partial charge in [0.25, 0.3) is 10.0 Å². The van der Waals surface area contributed by atoms with Crippen molar-refractivity contribution < 1.29 is 13.5 Å². The quantitative estimate of drug-likeness (QED) is 0.804. The molecule has 2 rings (SSSR count). The summed E-state index contributed by atoms with van der Waals surface area (Å²) in [6.07, 6.45) is 0. The molecule has 1 aromatic carbocycles. The standard InChI is InChI=1S/C12H14ClN3O3S/c1-7-4-3-5-9(13)11(7)16-20(18,19)12-8(2)14-15-10(12)6-17/h3-5,16-17H,6H2,1-2H3,(H,14,15). The fourth-order valence-corrected chi connectivity index (χ4v) is 3.72. The lowest BCUT2D eigenvalue weighted by molar-refractivity contribution is 0.273. The predicted molar refractivity (Wildman–Crippen MR) is 76.2 cm³/mol. The van der Waals surface area contributed by atoms with Crippen LogP contribution < -0.4 is 4.72 Å². The third-order valence-corrected chi connectivity index (χ3v) is 4.71. The Balaban J connectivity index is 2.49. The van der Waals surface area contributed by atoms with E-state index >= 15 is 0 Å². The van der Waals surface area contributed by atoms with Crippen molar-refractivity contribution in [3.05, 3.63) is 40.2 Å². The highest BCUT2D eigenvalue weighted by Crippen LogP contribution is 2.29. The van der Waals surface area contributed by atoms with Crippen LogP contribution in [0.3, 0.4) is 0 Å². The minimum atomic E-state index is -3.88. The third-order valence-electron chi connectivity index (χ3n) is 2.84. The number of anilines is 1. The Kier molecular flexibility index (Phi) is 4.03. The maximum atomic E-state index is 12.4. The maximum absolute atomic E-state index is 12.4. The lowest BCUT2D eigenvalue weighted by Crippen LogP contribution is -2.16. The normalized spacial score (nSPS) is 11.6. The number of aromatic nitrogens is 2. The second-order valence-corrected chi connectivity index (χ2v) is 6.35. The molecular formula is C12H14ClN3O3S. The van der Waals surface area contributed by atoms with E-state index in [2.05, 4.69) is 14.9 Å². The van der Waals surface area contributed by atoms with E-state index in [4.69, 9.17) is 16.7 Å². The Morgan fingerprint density at radius 1 is 1.40 bits per heavy atom. The van der Waals surface area contributed by atoms with Crippen LogP contribution in [0.5, 0.6) is 0 Å². The summed E-state index contributed by atoms with van der Waals surface area (Å²) in [6.45, 7) is 2.85. The summed E-state index contributed by atoms with van der Waals surface area (Å²) in [5.41, 5.74) is 1.44. The molecule has 0 unspecified atom stereocenters. The first-order chi connectivity index (χ1) is 9.36. The fourth-order valence-electron chi connectivity index (χ4n) is 1.88. The fraction of sp³-hybridized carbons (Fsp3) is 0.250. The van der Waals surface area contributed by atoms with E-state index in [9.17, 15) is 8.42 Å². The molecule has 1 aromatic heterocycles. The molecule has 0 saturated heterocycles. The second kappa shape index (κ2) is 5.43. The number of halogens is 1. The number of aromatic amines is 1. The second-order valence-electron chi connectivity index (χ2n) is 4.32. The molecule has 0 saturated carbocycles. The first-order valence-electron chi connectivity index (χ1n) is 5.79. The Hall–Kier alpha value is -1.57. The van der Waals surface area contributed by atoms with Crippen LogP contribution in [0.2, 0.25) is 5.02 Å². The van der Waals surface area contributed by atoms with E-state index in [-0.39, 0.29) is 10.6 Å². The Morgan fingerprint density at radius 3 is 2.70 bits per heavy atom. The monoisotopic (exact) mass is 315 g/mol. The van der Waals surface area contributed by atoms with Gasteiger partial charge in [0, 0.05) is 0 Å². The van der Waals surface area contributed by atoms with Crippen LogP contribution in [-0.2, 0) is 16.6 Å². The number of nitrogens with one attached hydrogen (secondary N) is 2. The molecule has 0 bridgehead atoms. The molecule has 0 aliphatic carbocycles. The molecule has 0 aliphatic heterocycles. The molecule has 0 spiro atoms. The van der Waals surface area contributed by atoms with Gasteiger partial charge in [-0.2, -0.15) is 5.10 Å². The molecule has 108 valence electrons. The Morgan fingerprint density at radius 2 is 2.10 bits per heavy atom. The number of aryl methyl sites for hydroxylation is 2. The number of aliphatic hydroxyl groups is 1. The molecule has 20 heavy (non-hydrogen) atoms. The summed E-state index contributed by atoms with van der Waals surface area (Å²) in [6, 6.07) is 5.08. The molecule has 0 fully saturated rings. The van der Waals surface area contributed by atoms with Gasteiger partial charge < -0.3 is 5.11 Å². The topological polar surface area (TPSA) is 95.1 Å². The van der Waals surface area contributed by atoms with Crippen molar-refractivity contribution in [3.63, 3.8) is 0 Å². The Labute approximate surface area is 121 Å². The highest BCUT2D eigenvalue weighted by molar-refractivity contribution is 7.92. The van der Waals surface area contributed by atoms with Crippen LogP contribution in [0.4, 0.5) is 5.69 Å². The number of H-pyrrole nitrogens is 1. The van der Waals surface area contributed by atoms with Gasteiger partial charge in [0.2, 0.25) is 0 Å². The molecule has 8 heteroatoms. The van der Waals surface area contributed by atoms with Crippen molar-refractivity contribution in [1.29, 1.82) is 0 Å². The van der Waals surface area contributed by atoms with Gasteiger partial charge >= 0.3 is 0 Å². The van der Waals surface area contributed by atoms with E-state index in [0.717, 1.165) is 0 Å². The van der Waals surface area contributed by atoms with Gasteiger partial charge in [0.1, 0.15) is 10.6 Å².